The van der Waals surface area contributed by atoms with Gasteiger partial charge in [0.25, 0.3) is 0 Å². The van der Waals surface area contributed by atoms with E-state index in [-0.39, 0.29) is 0 Å². The minimum absolute atomic E-state index is 0.400. The fourth-order valence-electron chi connectivity index (χ4n) is 1.67. The van der Waals surface area contributed by atoms with Crippen LogP contribution in [0.15, 0.2) is 18.2 Å². The van der Waals surface area contributed by atoms with E-state index in [1.54, 1.807) is 11.3 Å². The fourth-order valence-corrected chi connectivity index (χ4v) is 2.04. The van der Waals surface area contributed by atoms with Crippen molar-refractivity contribution in [2.75, 3.05) is 0 Å². The smallest absolute Gasteiger partial charge is 0.139 e. The second-order valence-corrected chi connectivity index (χ2v) is 4.31. The van der Waals surface area contributed by atoms with Gasteiger partial charge in [0.05, 0.1) is 0 Å². The highest BCUT2D eigenvalue weighted by Crippen LogP contribution is 2.26. The monoisotopic (exact) mass is 239 g/mol. The number of aliphatic hydroxyl groups is 1. The Morgan fingerprint density at radius 1 is 1.50 bits per heavy atom. The van der Waals surface area contributed by atoms with Gasteiger partial charge in [0.2, 0.25) is 0 Å². The van der Waals surface area contributed by atoms with Gasteiger partial charge in [0.1, 0.15) is 22.6 Å². The fraction of sp³-hybridized carbons (Fsp3) is 0.364. The van der Waals surface area contributed by atoms with Crippen molar-refractivity contribution in [2.24, 2.45) is 5.73 Å². The van der Waals surface area contributed by atoms with Crippen LogP contribution in [0.25, 0.3) is 5.65 Å². The number of aliphatic hydroxyl groups excluding tert-OH is 1. The summed E-state index contributed by atoms with van der Waals surface area (Å²) < 4.78 is 1.79. The molecule has 0 saturated heterocycles. The molecule has 2 aromatic heterocycles. The van der Waals surface area contributed by atoms with Gasteiger partial charge in [0.15, 0.2) is 0 Å². The Kier molecular flexibility index (Phi) is 2.88. The van der Waals surface area contributed by atoms with E-state index in [4.69, 9.17) is 17.3 Å². The molecule has 0 bridgehead atoms. The Hall–Kier alpha value is -1.10. The standard InChI is InChI=1S/C11H14ClN3O/c1-6-4-3-5-8-14-9(10(16)7(2)13)11(12)15(6)8/h3-5,7,10,16H,13H2,1-2H3. The topological polar surface area (TPSA) is 63.5 Å². The van der Waals surface area contributed by atoms with Crippen molar-refractivity contribution in [3.05, 3.63) is 34.7 Å². The Labute approximate surface area is 98.7 Å². The molecule has 2 unspecified atom stereocenters. The maximum absolute atomic E-state index is 9.89. The molecule has 5 heteroatoms. The number of fused-ring (bicyclic) bond motifs is 1. The summed E-state index contributed by atoms with van der Waals surface area (Å²) in [4.78, 5) is 4.30. The van der Waals surface area contributed by atoms with Crippen molar-refractivity contribution in [3.63, 3.8) is 0 Å². The number of nitrogens with two attached hydrogens (primary N) is 1. The van der Waals surface area contributed by atoms with E-state index in [0.717, 1.165) is 11.3 Å². The molecule has 0 aliphatic rings. The third-order valence-electron chi connectivity index (χ3n) is 2.59. The molecule has 0 radical (unpaired) electrons. The minimum atomic E-state index is -0.841. The summed E-state index contributed by atoms with van der Waals surface area (Å²) in [6.45, 7) is 3.65. The van der Waals surface area contributed by atoms with Crippen LogP contribution in [0.5, 0.6) is 0 Å². The van der Waals surface area contributed by atoms with Gasteiger partial charge < -0.3 is 10.8 Å². The molecule has 86 valence electrons. The second-order valence-electron chi connectivity index (χ2n) is 3.95. The van der Waals surface area contributed by atoms with E-state index >= 15 is 0 Å². The lowest BCUT2D eigenvalue weighted by Gasteiger charge is -2.11. The largest absolute Gasteiger partial charge is 0.385 e. The lowest BCUT2D eigenvalue weighted by atomic mass is 10.1. The number of hydrogen-bond donors (Lipinski definition) is 2. The molecule has 2 rings (SSSR count). The van der Waals surface area contributed by atoms with Crippen molar-refractivity contribution in [3.8, 4) is 0 Å². The van der Waals surface area contributed by atoms with E-state index in [0.29, 0.717) is 10.8 Å². The van der Waals surface area contributed by atoms with Crippen molar-refractivity contribution in [2.45, 2.75) is 26.0 Å². The summed E-state index contributed by atoms with van der Waals surface area (Å²) in [6, 6.07) is 5.28. The summed E-state index contributed by atoms with van der Waals surface area (Å²) in [6.07, 6.45) is -0.841. The third kappa shape index (κ3) is 1.69. The van der Waals surface area contributed by atoms with E-state index in [2.05, 4.69) is 4.98 Å². The van der Waals surface area contributed by atoms with Gasteiger partial charge in [-0.1, -0.05) is 17.7 Å². The molecule has 3 N–H and O–H groups in total. The van der Waals surface area contributed by atoms with Crippen molar-refractivity contribution in [1.82, 2.24) is 9.38 Å². The maximum atomic E-state index is 9.89. The van der Waals surface area contributed by atoms with Gasteiger partial charge in [-0.3, -0.25) is 4.40 Å². The van der Waals surface area contributed by atoms with Crippen molar-refractivity contribution in [1.29, 1.82) is 0 Å². The quantitative estimate of drug-likeness (QED) is 0.838. The van der Waals surface area contributed by atoms with Crippen LogP contribution in [0.4, 0.5) is 0 Å². The van der Waals surface area contributed by atoms with Gasteiger partial charge in [-0.2, -0.15) is 0 Å². The second kappa shape index (κ2) is 4.05. The van der Waals surface area contributed by atoms with Crippen molar-refractivity contribution < 1.29 is 5.11 Å². The molecule has 2 atom stereocenters. The van der Waals surface area contributed by atoms with Gasteiger partial charge >= 0.3 is 0 Å². The predicted molar refractivity (Wildman–Crippen MR) is 63.5 cm³/mol. The van der Waals surface area contributed by atoms with Crippen LogP contribution in [-0.2, 0) is 0 Å². The van der Waals surface area contributed by atoms with E-state index < -0.39 is 12.1 Å². The predicted octanol–water partition coefficient (Wildman–Crippen LogP) is 1.68. The van der Waals surface area contributed by atoms with Crippen LogP contribution in [0, 0.1) is 6.92 Å². The van der Waals surface area contributed by atoms with Crippen LogP contribution >= 0.6 is 11.6 Å². The van der Waals surface area contributed by atoms with Gasteiger partial charge in [-0.25, -0.2) is 4.98 Å². The normalized spacial score (nSPS) is 15.3. The molecule has 0 fully saturated rings. The molecule has 0 aromatic carbocycles. The first kappa shape index (κ1) is 11.4. The highest BCUT2D eigenvalue weighted by molar-refractivity contribution is 6.30. The number of aromatic nitrogens is 2. The molecule has 0 spiro atoms. The number of pyridine rings is 1. The first-order valence-corrected chi connectivity index (χ1v) is 5.47. The highest BCUT2D eigenvalue weighted by Gasteiger charge is 2.21. The maximum Gasteiger partial charge on any atom is 0.139 e. The van der Waals surface area contributed by atoms with E-state index in [9.17, 15) is 5.11 Å². The lowest BCUT2D eigenvalue weighted by Crippen LogP contribution is -2.24. The Morgan fingerprint density at radius 2 is 2.19 bits per heavy atom. The summed E-state index contributed by atoms with van der Waals surface area (Å²) >= 11 is 6.19. The Balaban J connectivity index is 2.65. The lowest BCUT2D eigenvalue weighted by molar-refractivity contribution is 0.149. The van der Waals surface area contributed by atoms with Gasteiger partial charge in [-0.05, 0) is 26.0 Å². The minimum Gasteiger partial charge on any atom is -0.385 e. The molecular formula is C11H14ClN3O. The number of hydrogen-bond acceptors (Lipinski definition) is 3. The third-order valence-corrected chi connectivity index (χ3v) is 2.95. The Morgan fingerprint density at radius 3 is 2.75 bits per heavy atom. The average molecular weight is 240 g/mol. The van der Waals surface area contributed by atoms with Gasteiger partial charge in [0, 0.05) is 11.7 Å². The van der Waals surface area contributed by atoms with E-state index in [1.807, 2.05) is 25.1 Å². The number of halogens is 1. The van der Waals surface area contributed by atoms with E-state index in [1.165, 1.54) is 0 Å². The molecule has 4 nitrogen and oxygen atoms in total. The first-order valence-electron chi connectivity index (χ1n) is 5.09. The van der Waals surface area contributed by atoms with Crippen molar-refractivity contribution >= 4 is 17.2 Å². The number of imidazole rings is 1. The highest BCUT2D eigenvalue weighted by atomic mass is 35.5. The zero-order chi connectivity index (χ0) is 11.9. The number of aryl methyl sites for hydroxylation is 1. The SMILES string of the molecule is Cc1cccc2nc(C(O)C(C)N)c(Cl)n12. The number of rotatable bonds is 2. The molecular weight excluding hydrogens is 226 g/mol. The molecule has 0 saturated carbocycles. The van der Waals surface area contributed by atoms with Crippen LogP contribution in [0.1, 0.15) is 24.4 Å². The zero-order valence-electron chi connectivity index (χ0n) is 9.18. The van der Waals surface area contributed by atoms with Crippen LogP contribution in [0.2, 0.25) is 5.15 Å². The molecule has 2 heterocycles. The first-order chi connectivity index (χ1) is 7.52. The molecule has 0 amide bonds. The van der Waals surface area contributed by atoms with Crippen LogP contribution in [-0.4, -0.2) is 20.5 Å². The van der Waals surface area contributed by atoms with Crippen LogP contribution in [0.3, 0.4) is 0 Å². The average Bonchev–Trinajstić information content (AvgIpc) is 2.56. The van der Waals surface area contributed by atoms with Crippen LogP contribution < -0.4 is 5.73 Å². The Bertz CT molecular complexity index is 521. The molecule has 0 aliphatic heterocycles. The summed E-state index contributed by atoms with van der Waals surface area (Å²) in [5, 5.41) is 10.3. The number of nitrogens with zero attached hydrogens (tertiary/aromatic N) is 2. The summed E-state index contributed by atoms with van der Waals surface area (Å²) in [5.41, 5.74) is 7.77. The molecule has 16 heavy (non-hydrogen) atoms. The summed E-state index contributed by atoms with van der Waals surface area (Å²) in [5.74, 6) is 0. The molecule has 2 aromatic rings. The summed E-state index contributed by atoms with van der Waals surface area (Å²) in [7, 11) is 0. The molecule has 0 aliphatic carbocycles. The zero-order valence-corrected chi connectivity index (χ0v) is 9.94. The van der Waals surface area contributed by atoms with Gasteiger partial charge in [-0.15, -0.1) is 0 Å².